The van der Waals surface area contributed by atoms with Crippen LogP contribution in [0.1, 0.15) is 19.3 Å². The molecule has 0 aromatic rings. The van der Waals surface area contributed by atoms with Crippen molar-refractivity contribution in [1.82, 2.24) is 14.9 Å². The summed E-state index contributed by atoms with van der Waals surface area (Å²) in [5, 5.41) is 15.4. The Kier molecular flexibility index (Phi) is 6.99. The van der Waals surface area contributed by atoms with E-state index in [1.54, 1.807) is 23.1 Å². The van der Waals surface area contributed by atoms with Gasteiger partial charge in [-0.25, -0.2) is 12.7 Å². The number of rotatable bonds is 5. The first-order chi connectivity index (χ1) is 11.1. The predicted molar refractivity (Wildman–Crippen MR) is 93.9 cm³/mol. The number of nitrogens with one attached hydrogen (secondary N) is 2. The Balaban J connectivity index is 1.78. The second-order valence-electron chi connectivity index (χ2n) is 5.74. The van der Waals surface area contributed by atoms with Crippen LogP contribution in [0.5, 0.6) is 0 Å². The standard InChI is InChI=1S/C14H25N5O2S2/c1-16-14(18-13-4-2-3-12(13)11-15)17-5-10-23(20,21)19-6-8-22-9-7-19/h12-13H,2-10H2,1H3,(H2,16,17,18). The normalized spacial score (nSPS) is 26.7. The molecule has 130 valence electrons. The van der Waals surface area contributed by atoms with E-state index in [4.69, 9.17) is 5.26 Å². The third-order valence-electron chi connectivity index (χ3n) is 4.24. The van der Waals surface area contributed by atoms with Crippen molar-refractivity contribution in [3.63, 3.8) is 0 Å². The lowest BCUT2D eigenvalue weighted by Gasteiger charge is -2.26. The molecule has 2 atom stereocenters. The Bertz CT molecular complexity index is 552. The van der Waals surface area contributed by atoms with E-state index in [1.807, 2.05) is 0 Å². The van der Waals surface area contributed by atoms with Crippen molar-refractivity contribution >= 4 is 27.7 Å². The van der Waals surface area contributed by atoms with Gasteiger partial charge in [0.25, 0.3) is 0 Å². The van der Waals surface area contributed by atoms with Crippen molar-refractivity contribution < 1.29 is 8.42 Å². The number of guanidine groups is 1. The zero-order valence-corrected chi connectivity index (χ0v) is 15.1. The zero-order valence-electron chi connectivity index (χ0n) is 13.5. The van der Waals surface area contributed by atoms with Crippen LogP contribution in [-0.4, -0.2) is 68.7 Å². The largest absolute Gasteiger partial charge is 0.355 e. The summed E-state index contributed by atoms with van der Waals surface area (Å²) < 4.78 is 26.1. The molecule has 2 N–H and O–H groups in total. The van der Waals surface area contributed by atoms with Gasteiger partial charge in [0.2, 0.25) is 10.0 Å². The maximum Gasteiger partial charge on any atom is 0.215 e. The highest BCUT2D eigenvalue weighted by Crippen LogP contribution is 2.24. The number of aliphatic imine (C=N–C) groups is 1. The van der Waals surface area contributed by atoms with Gasteiger partial charge in [-0.2, -0.15) is 17.0 Å². The van der Waals surface area contributed by atoms with E-state index < -0.39 is 10.0 Å². The number of nitriles is 1. The fourth-order valence-electron chi connectivity index (χ4n) is 2.91. The van der Waals surface area contributed by atoms with Crippen LogP contribution in [0, 0.1) is 17.2 Å². The highest BCUT2D eigenvalue weighted by atomic mass is 32.2. The van der Waals surface area contributed by atoms with Gasteiger partial charge in [0.15, 0.2) is 5.96 Å². The molecule has 2 rings (SSSR count). The van der Waals surface area contributed by atoms with Gasteiger partial charge in [-0.15, -0.1) is 0 Å². The molecule has 0 aromatic carbocycles. The fourth-order valence-corrected chi connectivity index (χ4v) is 5.40. The van der Waals surface area contributed by atoms with Crippen molar-refractivity contribution in [2.75, 3.05) is 43.9 Å². The Hall–Kier alpha value is -0.980. The lowest BCUT2D eigenvalue weighted by Crippen LogP contribution is -2.47. The minimum atomic E-state index is -3.21. The van der Waals surface area contributed by atoms with Crippen molar-refractivity contribution in [2.45, 2.75) is 25.3 Å². The first-order valence-electron chi connectivity index (χ1n) is 7.99. The van der Waals surface area contributed by atoms with E-state index >= 15 is 0 Å². The quantitative estimate of drug-likeness (QED) is 0.538. The summed E-state index contributed by atoms with van der Waals surface area (Å²) in [6.45, 7) is 1.52. The number of sulfonamides is 1. The van der Waals surface area contributed by atoms with Crippen molar-refractivity contribution in [2.24, 2.45) is 10.9 Å². The van der Waals surface area contributed by atoms with E-state index in [1.165, 1.54) is 0 Å². The summed E-state index contributed by atoms with van der Waals surface area (Å²) in [5.41, 5.74) is 0. The van der Waals surface area contributed by atoms with E-state index in [9.17, 15) is 8.42 Å². The molecule has 1 saturated carbocycles. The number of thioether (sulfide) groups is 1. The molecule has 0 amide bonds. The molecular weight excluding hydrogens is 334 g/mol. The molecule has 0 bridgehead atoms. The Morgan fingerprint density at radius 1 is 1.39 bits per heavy atom. The molecule has 1 heterocycles. The summed E-state index contributed by atoms with van der Waals surface area (Å²) in [6, 6.07) is 2.42. The summed E-state index contributed by atoms with van der Waals surface area (Å²) in [6.07, 6.45) is 2.89. The highest BCUT2D eigenvalue weighted by molar-refractivity contribution is 7.99. The van der Waals surface area contributed by atoms with Crippen LogP contribution in [0.25, 0.3) is 0 Å². The molecule has 0 aromatic heterocycles. The first-order valence-corrected chi connectivity index (χ1v) is 10.8. The van der Waals surface area contributed by atoms with Gasteiger partial charge in [0.1, 0.15) is 0 Å². The number of hydrogen-bond donors (Lipinski definition) is 2. The molecule has 7 nitrogen and oxygen atoms in total. The predicted octanol–water partition coefficient (Wildman–Crippen LogP) is 0.222. The topological polar surface area (TPSA) is 97.6 Å². The molecule has 2 aliphatic rings. The van der Waals surface area contributed by atoms with Crippen LogP contribution in [0.15, 0.2) is 4.99 Å². The van der Waals surface area contributed by atoms with Gasteiger partial charge in [-0.3, -0.25) is 4.99 Å². The summed E-state index contributed by atoms with van der Waals surface area (Å²) >= 11 is 1.79. The lowest BCUT2D eigenvalue weighted by molar-refractivity contribution is 0.443. The summed E-state index contributed by atoms with van der Waals surface area (Å²) in [5.74, 6) is 2.37. The van der Waals surface area contributed by atoms with Gasteiger partial charge in [0, 0.05) is 44.2 Å². The van der Waals surface area contributed by atoms with Crippen LogP contribution in [0.4, 0.5) is 0 Å². The lowest BCUT2D eigenvalue weighted by atomic mass is 10.1. The smallest absolute Gasteiger partial charge is 0.215 e. The van der Waals surface area contributed by atoms with Gasteiger partial charge in [-0.1, -0.05) is 0 Å². The Morgan fingerprint density at radius 2 is 2.13 bits per heavy atom. The summed E-state index contributed by atoms with van der Waals surface area (Å²) in [4.78, 5) is 4.13. The maximum absolute atomic E-state index is 12.3. The number of nitrogens with zero attached hydrogens (tertiary/aromatic N) is 3. The van der Waals surface area contributed by atoms with Crippen LogP contribution >= 0.6 is 11.8 Å². The SMILES string of the molecule is CN=C(NCCS(=O)(=O)N1CCSCC1)NC1CCCC1C#N. The molecule has 2 unspecified atom stereocenters. The minimum absolute atomic E-state index is 0.00290. The molecule has 9 heteroatoms. The molecule has 23 heavy (non-hydrogen) atoms. The Labute approximate surface area is 143 Å². The van der Waals surface area contributed by atoms with E-state index in [0.717, 1.165) is 30.8 Å². The molecule has 1 aliphatic heterocycles. The average molecular weight is 360 g/mol. The maximum atomic E-state index is 12.3. The van der Waals surface area contributed by atoms with Crippen molar-refractivity contribution in [3.05, 3.63) is 0 Å². The summed E-state index contributed by atoms with van der Waals surface area (Å²) in [7, 11) is -1.55. The zero-order chi connectivity index (χ0) is 16.7. The van der Waals surface area contributed by atoms with Gasteiger partial charge in [0.05, 0.1) is 17.7 Å². The van der Waals surface area contributed by atoms with Crippen LogP contribution in [0.3, 0.4) is 0 Å². The molecule has 1 saturated heterocycles. The highest BCUT2D eigenvalue weighted by Gasteiger charge is 2.28. The van der Waals surface area contributed by atoms with Crippen LogP contribution in [-0.2, 0) is 10.0 Å². The molecule has 2 fully saturated rings. The van der Waals surface area contributed by atoms with E-state index in [0.29, 0.717) is 25.6 Å². The first kappa shape index (κ1) is 18.4. The fraction of sp³-hybridized carbons (Fsp3) is 0.857. The third-order valence-corrected chi connectivity index (χ3v) is 7.06. The molecule has 1 aliphatic carbocycles. The molecule has 0 radical (unpaired) electrons. The Morgan fingerprint density at radius 3 is 2.78 bits per heavy atom. The second kappa shape index (κ2) is 8.76. The number of hydrogen-bond acceptors (Lipinski definition) is 5. The second-order valence-corrected chi connectivity index (χ2v) is 9.06. The van der Waals surface area contributed by atoms with Gasteiger partial charge >= 0.3 is 0 Å². The van der Waals surface area contributed by atoms with Crippen LogP contribution in [0.2, 0.25) is 0 Å². The molecule has 0 spiro atoms. The third kappa shape index (κ3) is 5.26. The van der Waals surface area contributed by atoms with Gasteiger partial charge < -0.3 is 10.6 Å². The monoisotopic (exact) mass is 359 g/mol. The van der Waals surface area contributed by atoms with E-state index in [-0.39, 0.29) is 17.7 Å². The van der Waals surface area contributed by atoms with Crippen molar-refractivity contribution in [1.29, 1.82) is 5.26 Å². The van der Waals surface area contributed by atoms with Crippen LogP contribution < -0.4 is 10.6 Å². The molecular formula is C14H25N5O2S2. The van der Waals surface area contributed by atoms with E-state index in [2.05, 4.69) is 21.7 Å². The average Bonchev–Trinajstić information content (AvgIpc) is 3.01. The van der Waals surface area contributed by atoms with Crippen molar-refractivity contribution in [3.8, 4) is 6.07 Å². The van der Waals surface area contributed by atoms with Gasteiger partial charge in [-0.05, 0) is 19.3 Å². The minimum Gasteiger partial charge on any atom is -0.355 e.